The number of rotatable bonds is 5. The molecule has 0 amide bonds. The van der Waals surface area contributed by atoms with Gasteiger partial charge in [0.15, 0.2) is 0 Å². The summed E-state index contributed by atoms with van der Waals surface area (Å²) < 4.78 is 1.19. The number of benzene rings is 1. The van der Waals surface area contributed by atoms with Crippen molar-refractivity contribution in [2.24, 2.45) is 0 Å². The minimum Gasteiger partial charge on any atom is -0.299 e. The first-order valence-electron chi connectivity index (χ1n) is 6.13. The van der Waals surface area contributed by atoms with Gasteiger partial charge in [0.05, 0.1) is 0 Å². The molecule has 0 radical (unpaired) electrons. The fourth-order valence-electron chi connectivity index (χ4n) is 1.93. The second kappa shape index (κ2) is 6.50. The first-order valence-corrected chi connectivity index (χ1v) is 7.80. The highest BCUT2D eigenvalue weighted by Crippen LogP contribution is 2.19. The van der Waals surface area contributed by atoms with Gasteiger partial charge >= 0.3 is 0 Å². The van der Waals surface area contributed by atoms with Crippen LogP contribution in [-0.2, 0) is 13.0 Å². The number of hydrogen-bond acceptors (Lipinski definition) is 2. The second-order valence-electron chi connectivity index (χ2n) is 4.64. The predicted octanol–water partition coefficient (Wildman–Crippen LogP) is 4.57. The van der Waals surface area contributed by atoms with Crippen LogP contribution in [0.5, 0.6) is 0 Å². The van der Waals surface area contributed by atoms with Crippen molar-refractivity contribution in [1.82, 2.24) is 4.90 Å². The normalized spacial score (nSPS) is 12.9. The molecule has 1 heterocycles. The lowest BCUT2D eigenvalue weighted by atomic mass is 10.1. The highest BCUT2D eigenvalue weighted by Gasteiger charge is 2.12. The monoisotopic (exact) mass is 323 g/mol. The Bertz CT molecular complexity index is 481. The van der Waals surface area contributed by atoms with Gasteiger partial charge in [-0.1, -0.05) is 40.2 Å². The predicted molar refractivity (Wildman–Crippen MR) is 83.1 cm³/mol. The standard InChI is InChI=1S/C15H18BrNS/c1-12(10-14-7-5-9-18-14)17(2)11-13-6-3-4-8-15(13)16/h3-9,12H,10-11H2,1-2H3. The smallest absolute Gasteiger partial charge is 0.0244 e. The molecule has 0 aliphatic rings. The Morgan fingerprint density at radius 3 is 2.67 bits per heavy atom. The minimum absolute atomic E-state index is 0.552. The molecule has 96 valence electrons. The molecule has 0 saturated heterocycles. The van der Waals surface area contributed by atoms with Crippen molar-refractivity contribution in [2.45, 2.75) is 25.9 Å². The Kier molecular flexibility index (Phi) is 4.98. The molecule has 1 nitrogen and oxygen atoms in total. The van der Waals surface area contributed by atoms with E-state index in [1.165, 1.54) is 14.9 Å². The van der Waals surface area contributed by atoms with Crippen LogP contribution >= 0.6 is 27.3 Å². The summed E-state index contributed by atoms with van der Waals surface area (Å²) in [6, 6.07) is 13.3. The van der Waals surface area contributed by atoms with E-state index in [0.717, 1.165) is 13.0 Å². The van der Waals surface area contributed by atoms with Crippen LogP contribution in [0, 0.1) is 0 Å². The van der Waals surface area contributed by atoms with Crippen LogP contribution in [-0.4, -0.2) is 18.0 Å². The number of likely N-dealkylation sites (N-methyl/N-ethyl adjacent to an activating group) is 1. The Balaban J connectivity index is 1.95. The van der Waals surface area contributed by atoms with Gasteiger partial charge in [0.2, 0.25) is 0 Å². The van der Waals surface area contributed by atoms with Gasteiger partial charge in [-0.3, -0.25) is 4.90 Å². The lowest BCUT2D eigenvalue weighted by Gasteiger charge is -2.24. The van der Waals surface area contributed by atoms with Crippen molar-refractivity contribution >= 4 is 27.3 Å². The molecule has 3 heteroatoms. The Hall–Kier alpha value is -0.640. The van der Waals surface area contributed by atoms with E-state index < -0.39 is 0 Å². The van der Waals surface area contributed by atoms with Crippen LogP contribution in [0.1, 0.15) is 17.4 Å². The van der Waals surface area contributed by atoms with Crippen LogP contribution in [0.2, 0.25) is 0 Å². The van der Waals surface area contributed by atoms with E-state index in [4.69, 9.17) is 0 Å². The second-order valence-corrected chi connectivity index (χ2v) is 6.53. The summed E-state index contributed by atoms with van der Waals surface area (Å²) in [5.41, 5.74) is 1.35. The van der Waals surface area contributed by atoms with Crippen LogP contribution in [0.3, 0.4) is 0 Å². The summed E-state index contributed by atoms with van der Waals surface area (Å²) in [5, 5.41) is 2.15. The Morgan fingerprint density at radius 2 is 2.00 bits per heavy atom. The van der Waals surface area contributed by atoms with Crippen molar-refractivity contribution in [3.8, 4) is 0 Å². The average molecular weight is 324 g/mol. The van der Waals surface area contributed by atoms with E-state index in [2.05, 4.69) is 76.6 Å². The van der Waals surface area contributed by atoms with E-state index >= 15 is 0 Å². The van der Waals surface area contributed by atoms with Gasteiger partial charge in [0, 0.05) is 21.9 Å². The molecule has 1 aromatic heterocycles. The van der Waals surface area contributed by atoms with Crippen molar-refractivity contribution in [3.63, 3.8) is 0 Å². The molecule has 0 saturated carbocycles. The van der Waals surface area contributed by atoms with Gasteiger partial charge in [-0.2, -0.15) is 0 Å². The van der Waals surface area contributed by atoms with Crippen molar-refractivity contribution in [2.75, 3.05) is 7.05 Å². The molecule has 2 aromatic rings. The third kappa shape index (κ3) is 3.67. The summed E-state index contributed by atoms with van der Waals surface area (Å²) in [6.07, 6.45) is 1.12. The van der Waals surface area contributed by atoms with Gasteiger partial charge in [0.25, 0.3) is 0 Å². The van der Waals surface area contributed by atoms with Crippen molar-refractivity contribution < 1.29 is 0 Å². The molecule has 1 unspecified atom stereocenters. The highest BCUT2D eigenvalue weighted by molar-refractivity contribution is 9.10. The zero-order valence-corrected chi connectivity index (χ0v) is 13.2. The Labute approximate surface area is 122 Å². The molecule has 0 aliphatic carbocycles. The highest BCUT2D eigenvalue weighted by atomic mass is 79.9. The van der Waals surface area contributed by atoms with Crippen LogP contribution in [0.4, 0.5) is 0 Å². The molecular weight excluding hydrogens is 306 g/mol. The van der Waals surface area contributed by atoms with E-state index in [-0.39, 0.29) is 0 Å². The number of hydrogen-bond donors (Lipinski definition) is 0. The van der Waals surface area contributed by atoms with Crippen molar-refractivity contribution in [1.29, 1.82) is 0 Å². The molecule has 2 rings (SSSR count). The molecule has 0 spiro atoms. The van der Waals surface area contributed by atoms with Gasteiger partial charge in [-0.05, 0) is 43.5 Å². The first-order chi connectivity index (χ1) is 8.66. The van der Waals surface area contributed by atoms with Gasteiger partial charge < -0.3 is 0 Å². The zero-order chi connectivity index (χ0) is 13.0. The molecule has 0 aliphatic heterocycles. The van der Waals surface area contributed by atoms with Crippen LogP contribution in [0.15, 0.2) is 46.3 Å². The van der Waals surface area contributed by atoms with E-state index in [0.29, 0.717) is 6.04 Å². The summed E-state index contributed by atoms with van der Waals surface area (Å²) in [5.74, 6) is 0. The maximum absolute atomic E-state index is 3.61. The van der Waals surface area contributed by atoms with Crippen LogP contribution < -0.4 is 0 Å². The SMILES string of the molecule is CC(Cc1cccs1)N(C)Cc1ccccc1Br. The summed E-state index contributed by atoms with van der Waals surface area (Å²) in [6.45, 7) is 3.27. The largest absolute Gasteiger partial charge is 0.299 e. The zero-order valence-electron chi connectivity index (χ0n) is 10.8. The quantitative estimate of drug-likeness (QED) is 0.778. The fraction of sp³-hybridized carbons (Fsp3) is 0.333. The number of nitrogens with zero attached hydrogens (tertiary/aromatic N) is 1. The van der Waals surface area contributed by atoms with E-state index in [1.807, 2.05) is 11.3 Å². The topological polar surface area (TPSA) is 3.24 Å². The molecule has 0 bridgehead atoms. The lowest BCUT2D eigenvalue weighted by molar-refractivity contribution is 0.248. The van der Waals surface area contributed by atoms with Gasteiger partial charge in [0.1, 0.15) is 0 Å². The summed E-state index contributed by atoms with van der Waals surface area (Å²) in [4.78, 5) is 3.86. The first kappa shape index (κ1) is 13.8. The van der Waals surface area contributed by atoms with Crippen molar-refractivity contribution in [3.05, 3.63) is 56.7 Å². The summed E-state index contributed by atoms with van der Waals surface area (Å²) in [7, 11) is 2.19. The molecule has 1 aromatic carbocycles. The molecule has 0 fully saturated rings. The van der Waals surface area contributed by atoms with E-state index in [1.54, 1.807) is 0 Å². The van der Waals surface area contributed by atoms with Gasteiger partial charge in [-0.25, -0.2) is 0 Å². The van der Waals surface area contributed by atoms with E-state index in [9.17, 15) is 0 Å². The molecule has 0 N–H and O–H groups in total. The molecular formula is C15H18BrNS. The fourth-order valence-corrected chi connectivity index (χ4v) is 3.16. The average Bonchev–Trinajstić information content (AvgIpc) is 2.84. The third-order valence-electron chi connectivity index (χ3n) is 3.21. The Morgan fingerprint density at radius 1 is 1.22 bits per heavy atom. The molecule has 1 atom stereocenters. The minimum atomic E-state index is 0.552. The van der Waals surface area contributed by atoms with Gasteiger partial charge in [-0.15, -0.1) is 11.3 Å². The number of halogens is 1. The molecule has 18 heavy (non-hydrogen) atoms. The lowest BCUT2D eigenvalue weighted by Crippen LogP contribution is -2.30. The number of thiophene rings is 1. The third-order valence-corrected chi connectivity index (χ3v) is 4.88. The summed E-state index contributed by atoms with van der Waals surface area (Å²) >= 11 is 5.45. The van der Waals surface area contributed by atoms with Crippen LogP contribution in [0.25, 0.3) is 0 Å². The maximum Gasteiger partial charge on any atom is 0.0244 e. The maximum atomic E-state index is 3.61.